The van der Waals surface area contributed by atoms with Gasteiger partial charge in [0.1, 0.15) is 11.5 Å². The number of rotatable bonds is 10. The van der Waals surface area contributed by atoms with E-state index < -0.39 is 31.3 Å². The number of unbranched alkanes of at least 4 members (excludes halogenated alkanes) is 1. The smallest absolute Gasteiger partial charge is 0.429 e. The minimum absolute atomic E-state index is 0.0158. The van der Waals surface area contributed by atoms with Gasteiger partial charge in [-0.1, -0.05) is 32.4 Å². The highest BCUT2D eigenvalue weighted by atomic mass is 31.2. The van der Waals surface area contributed by atoms with E-state index in [1.165, 1.54) is 12.1 Å². The van der Waals surface area contributed by atoms with Crippen molar-refractivity contribution in [1.29, 1.82) is 0 Å². The van der Waals surface area contributed by atoms with Gasteiger partial charge in [0, 0.05) is 23.3 Å². The molecule has 3 unspecified atom stereocenters. The van der Waals surface area contributed by atoms with Gasteiger partial charge in [0.05, 0.1) is 19.1 Å². The summed E-state index contributed by atoms with van der Waals surface area (Å²) >= 11 is 0. The number of aromatic hydroxyl groups is 1. The third kappa shape index (κ3) is 6.18. The van der Waals surface area contributed by atoms with Gasteiger partial charge in [-0.2, -0.15) is 0 Å². The van der Waals surface area contributed by atoms with Crippen molar-refractivity contribution < 1.29 is 34.1 Å². The van der Waals surface area contributed by atoms with Gasteiger partial charge in [-0.25, -0.2) is 4.57 Å². The molecule has 1 aromatic rings. The molecule has 3 atom stereocenters. The zero-order chi connectivity index (χ0) is 21.6. The van der Waals surface area contributed by atoms with Crippen LogP contribution in [0.5, 0.6) is 5.75 Å². The van der Waals surface area contributed by atoms with Crippen LogP contribution in [0.3, 0.4) is 0 Å². The molecule has 1 aliphatic rings. The number of phenolic OH excluding ortho intramolecular Hbond substituents is 1. The van der Waals surface area contributed by atoms with E-state index >= 15 is 0 Å². The predicted molar refractivity (Wildman–Crippen MR) is 108 cm³/mol. The molecule has 0 aromatic heterocycles. The highest BCUT2D eigenvalue weighted by Gasteiger charge is 2.34. The first kappa shape index (κ1) is 23.2. The van der Waals surface area contributed by atoms with Crippen molar-refractivity contribution in [2.45, 2.75) is 51.6 Å². The Morgan fingerprint density at radius 2 is 1.86 bits per heavy atom. The van der Waals surface area contributed by atoms with E-state index in [2.05, 4.69) is 5.09 Å². The van der Waals surface area contributed by atoms with Gasteiger partial charge in [0.15, 0.2) is 5.78 Å². The maximum atomic E-state index is 12.4. The third-order valence-electron chi connectivity index (χ3n) is 4.73. The molecule has 0 amide bonds. The van der Waals surface area contributed by atoms with Gasteiger partial charge in [-0.05, 0) is 30.5 Å². The number of allylic oxidation sites excluding steroid dienone is 2. The minimum atomic E-state index is -4.28. The Kier molecular flexibility index (Phi) is 8.05. The molecular weight excluding hydrogens is 397 g/mol. The lowest BCUT2D eigenvalue weighted by Crippen LogP contribution is -2.29. The average molecular weight is 425 g/mol. The molecule has 9 heteroatoms. The van der Waals surface area contributed by atoms with Crippen LogP contribution in [0.25, 0.3) is 0 Å². The number of carbonyl (C=O) groups is 1. The van der Waals surface area contributed by atoms with Crippen LogP contribution in [-0.2, 0) is 13.9 Å². The third-order valence-corrected chi connectivity index (χ3v) is 5.81. The normalized spacial score (nSPS) is 18.8. The molecule has 0 spiro atoms. The van der Waals surface area contributed by atoms with Crippen LogP contribution in [-0.4, -0.2) is 38.7 Å². The quantitative estimate of drug-likeness (QED) is 0.284. The summed E-state index contributed by atoms with van der Waals surface area (Å²) in [5.41, 5.74) is 0.653. The fourth-order valence-corrected chi connectivity index (χ4v) is 4.22. The lowest BCUT2D eigenvalue weighted by Gasteiger charge is -2.29. The standard InChI is InChI=1S/C20H28NO7P/c1-3-5-10-28-29(26,27)21-17-11-15(23)12-18(24)19(17)20(25)16(4-2)13-6-8-14(22)9-7-13/h6-9,12,16,20,22,24-25H,3-5,10-11H2,1-2H3,(H2,21,26,27). The molecule has 1 aliphatic carbocycles. The van der Waals surface area contributed by atoms with E-state index in [1.54, 1.807) is 12.1 Å². The second kappa shape index (κ2) is 10.1. The van der Waals surface area contributed by atoms with E-state index in [9.17, 15) is 29.6 Å². The van der Waals surface area contributed by atoms with Crippen molar-refractivity contribution in [2.24, 2.45) is 0 Å². The molecule has 1 aromatic carbocycles. The number of ketones is 1. The molecule has 0 bridgehead atoms. The monoisotopic (exact) mass is 425 g/mol. The average Bonchev–Trinajstić information content (AvgIpc) is 2.63. The predicted octanol–water partition coefficient (Wildman–Crippen LogP) is 3.42. The van der Waals surface area contributed by atoms with Crippen LogP contribution >= 0.6 is 7.75 Å². The SMILES string of the molecule is CCCCOP(=O)(O)NC1=C(C(O)C(CC)c2ccc(O)cc2)C(O)=CC(=O)C1. The summed E-state index contributed by atoms with van der Waals surface area (Å²) in [5.74, 6) is -1.32. The van der Waals surface area contributed by atoms with Crippen LogP contribution in [0.15, 0.2) is 47.4 Å². The summed E-state index contributed by atoms with van der Waals surface area (Å²) in [6.07, 6.45) is 1.31. The van der Waals surface area contributed by atoms with Crippen molar-refractivity contribution in [3.8, 4) is 5.75 Å². The molecule has 0 aliphatic heterocycles. The topological polar surface area (TPSA) is 136 Å². The van der Waals surface area contributed by atoms with Gasteiger partial charge in [-0.15, -0.1) is 0 Å². The Morgan fingerprint density at radius 1 is 1.21 bits per heavy atom. The van der Waals surface area contributed by atoms with Gasteiger partial charge >= 0.3 is 7.75 Å². The first-order valence-corrected chi connectivity index (χ1v) is 11.2. The fourth-order valence-electron chi connectivity index (χ4n) is 3.23. The van der Waals surface area contributed by atoms with Crippen molar-refractivity contribution >= 4 is 13.5 Å². The van der Waals surface area contributed by atoms with Gasteiger partial charge in [0.2, 0.25) is 0 Å². The highest BCUT2D eigenvalue weighted by molar-refractivity contribution is 7.50. The van der Waals surface area contributed by atoms with Gasteiger partial charge in [-0.3, -0.25) is 14.4 Å². The Morgan fingerprint density at radius 3 is 2.45 bits per heavy atom. The number of carbonyl (C=O) groups excluding carboxylic acids is 1. The van der Waals surface area contributed by atoms with E-state index in [0.717, 1.165) is 12.5 Å². The van der Waals surface area contributed by atoms with Crippen molar-refractivity contribution in [3.63, 3.8) is 0 Å². The molecule has 0 heterocycles. The number of hydrogen-bond acceptors (Lipinski definition) is 6. The lowest BCUT2D eigenvalue weighted by molar-refractivity contribution is -0.114. The van der Waals surface area contributed by atoms with Crippen LogP contribution in [0, 0.1) is 0 Å². The van der Waals surface area contributed by atoms with E-state index in [1.807, 2.05) is 13.8 Å². The van der Waals surface area contributed by atoms with Gasteiger partial charge < -0.3 is 20.2 Å². The molecule has 160 valence electrons. The molecule has 5 N–H and O–H groups in total. The lowest BCUT2D eigenvalue weighted by atomic mass is 9.83. The first-order valence-electron chi connectivity index (χ1n) is 9.58. The molecule has 29 heavy (non-hydrogen) atoms. The fraction of sp³-hybridized carbons (Fsp3) is 0.450. The maximum absolute atomic E-state index is 12.4. The van der Waals surface area contributed by atoms with Crippen LogP contribution in [0.2, 0.25) is 0 Å². The van der Waals surface area contributed by atoms with Crippen molar-refractivity contribution in [1.82, 2.24) is 5.09 Å². The van der Waals surface area contributed by atoms with Gasteiger partial charge in [0.25, 0.3) is 0 Å². The van der Waals surface area contributed by atoms with Crippen molar-refractivity contribution in [2.75, 3.05) is 6.61 Å². The number of hydrogen-bond donors (Lipinski definition) is 5. The summed E-state index contributed by atoms with van der Waals surface area (Å²) < 4.78 is 17.4. The van der Waals surface area contributed by atoms with Crippen molar-refractivity contribution in [3.05, 3.63) is 52.9 Å². The Hall–Kier alpha value is -2.12. The molecule has 0 saturated heterocycles. The number of aliphatic hydroxyl groups excluding tert-OH is 2. The molecule has 2 rings (SSSR count). The molecule has 0 radical (unpaired) electrons. The van der Waals surface area contributed by atoms with E-state index in [0.29, 0.717) is 18.4 Å². The minimum Gasteiger partial charge on any atom is -0.508 e. The summed E-state index contributed by atoms with van der Waals surface area (Å²) in [5, 5.41) is 33.2. The summed E-state index contributed by atoms with van der Waals surface area (Å²) in [4.78, 5) is 22.0. The largest absolute Gasteiger partial charge is 0.508 e. The zero-order valence-corrected chi connectivity index (χ0v) is 17.4. The Bertz CT molecular complexity index is 832. The number of phenols is 1. The van der Waals surface area contributed by atoms with E-state index in [4.69, 9.17) is 4.52 Å². The zero-order valence-electron chi connectivity index (χ0n) is 16.5. The number of benzene rings is 1. The van der Waals surface area contributed by atoms with E-state index in [-0.39, 0.29) is 30.0 Å². The number of nitrogens with one attached hydrogen (secondary N) is 1. The van der Waals surface area contributed by atoms with Crippen LogP contribution < -0.4 is 5.09 Å². The molecular formula is C20H28NO7P. The summed E-state index contributed by atoms with van der Waals surface area (Å²) in [7, 11) is -4.28. The van der Waals surface area contributed by atoms with Crippen LogP contribution in [0.4, 0.5) is 0 Å². The summed E-state index contributed by atoms with van der Waals surface area (Å²) in [6, 6.07) is 6.28. The molecule has 0 fully saturated rings. The molecule has 0 saturated carbocycles. The summed E-state index contributed by atoms with van der Waals surface area (Å²) in [6.45, 7) is 3.81. The Balaban J connectivity index is 2.37. The maximum Gasteiger partial charge on any atom is 0.429 e. The second-order valence-corrected chi connectivity index (χ2v) is 8.46. The number of aliphatic hydroxyl groups is 2. The first-order chi connectivity index (χ1) is 13.7. The second-order valence-electron chi connectivity index (χ2n) is 6.93. The Labute approximate surface area is 170 Å². The highest BCUT2D eigenvalue weighted by Crippen LogP contribution is 2.42. The van der Waals surface area contributed by atoms with Crippen LogP contribution in [0.1, 0.15) is 51.0 Å². The molecule has 8 nitrogen and oxygen atoms in total.